The Labute approximate surface area is 92.8 Å². The lowest BCUT2D eigenvalue weighted by molar-refractivity contribution is 0.410. The van der Waals surface area contributed by atoms with Crippen LogP contribution in [-0.2, 0) is 5.75 Å². The first-order chi connectivity index (χ1) is 6.74. The molecule has 0 bridgehead atoms. The first-order valence-electron chi connectivity index (χ1n) is 4.42. The summed E-state index contributed by atoms with van der Waals surface area (Å²) in [6.45, 7) is 0. The van der Waals surface area contributed by atoms with E-state index in [0.29, 0.717) is 0 Å². The fourth-order valence-corrected chi connectivity index (χ4v) is 3.09. The van der Waals surface area contributed by atoms with Gasteiger partial charge in [0.2, 0.25) is 0 Å². The molecule has 2 N–H and O–H groups in total. The van der Waals surface area contributed by atoms with Gasteiger partial charge in [-0.25, -0.2) is 0 Å². The molecule has 0 fully saturated rings. The van der Waals surface area contributed by atoms with Gasteiger partial charge in [-0.15, -0.1) is 0 Å². The molecule has 1 aromatic rings. The van der Waals surface area contributed by atoms with Gasteiger partial charge < -0.3 is 10.5 Å². The lowest BCUT2D eigenvalue weighted by atomic mass is 10.0. The van der Waals surface area contributed by atoms with Crippen LogP contribution in [0.15, 0.2) is 12.1 Å². The smallest absolute Gasteiger partial charge is 0.123 e. The van der Waals surface area contributed by atoms with Crippen LogP contribution in [0.5, 0.6) is 5.75 Å². The van der Waals surface area contributed by atoms with E-state index in [0.717, 1.165) is 33.4 Å². The molecule has 1 atom stereocenters. The lowest BCUT2D eigenvalue weighted by Gasteiger charge is -2.24. The molecule has 0 amide bonds. The lowest BCUT2D eigenvalue weighted by Crippen LogP contribution is -2.19. The average Bonchev–Trinajstić information content (AvgIpc) is 2.18. The molecular formula is C10H12ClNOS. The molecule has 1 heterocycles. The number of benzene rings is 1. The van der Waals surface area contributed by atoms with E-state index in [4.69, 9.17) is 22.1 Å². The van der Waals surface area contributed by atoms with Crippen LogP contribution in [0, 0.1) is 0 Å². The molecule has 0 spiro atoms. The van der Waals surface area contributed by atoms with E-state index < -0.39 is 0 Å². The van der Waals surface area contributed by atoms with Crippen molar-refractivity contribution in [1.82, 2.24) is 0 Å². The molecular weight excluding hydrogens is 218 g/mol. The summed E-state index contributed by atoms with van der Waals surface area (Å²) in [4.78, 5) is 0. The maximum atomic E-state index is 6.12. The third-order valence-corrected chi connectivity index (χ3v) is 3.81. The normalized spacial score (nSPS) is 20.4. The van der Waals surface area contributed by atoms with Gasteiger partial charge in [-0.1, -0.05) is 11.6 Å². The molecule has 0 unspecified atom stereocenters. The van der Waals surface area contributed by atoms with Crippen molar-refractivity contribution in [2.45, 2.75) is 11.8 Å². The first kappa shape index (κ1) is 10.1. The van der Waals surface area contributed by atoms with Crippen LogP contribution in [0.2, 0.25) is 5.02 Å². The Morgan fingerprint density at radius 2 is 2.36 bits per heavy atom. The van der Waals surface area contributed by atoms with Crippen LogP contribution in [0.4, 0.5) is 0 Å². The maximum absolute atomic E-state index is 6.12. The summed E-state index contributed by atoms with van der Waals surface area (Å²) >= 11 is 7.94. The third-order valence-electron chi connectivity index (χ3n) is 2.40. The average molecular weight is 230 g/mol. The number of methoxy groups -OCH3 is 1. The molecule has 0 aliphatic carbocycles. The van der Waals surface area contributed by atoms with Crippen molar-refractivity contribution < 1.29 is 4.74 Å². The highest BCUT2D eigenvalue weighted by atomic mass is 35.5. The van der Waals surface area contributed by atoms with Crippen molar-refractivity contribution in [3.8, 4) is 5.75 Å². The zero-order valence-corrected chi connectivity index (χ0v) is 9.49. The summed E-state index contributed by atoms with van der Waals surface area (Å²) in [5.74, 6) is 2.76. The van der Waals surface area contributed by atoms with Gasteiger partial charge in [0.25, 0.3) is 0 Å². The van der Waals surface area contributed by atoms with E-state index in [9.17, 15) is 0 Å². The van der Waals surface area contributed by atoms with Gasteiger partial charge in [-0.05, 0) is 17.7 Å². The first-order valence-corrected chi connectivity index (χ1v) is 5.96. The highest BCUT2D eigenvalue weighted by Gasteiger charge is 2.22. The van der Waals surface area contributed by atoms with Crippen molar-refractivity contribution in [3.63, 3.8) is 0 Å². The van der Waals surface area contributed by atoms with E-state index in [1.165, 1.54) is 0 Å². The summed E-state index contributed by atoms with van der Waals surface area (Å²) in [6, 6.07) is 3.79. The Bertz CT molecular complexity index is 356. The monoisotopic (exact) mass is 229 g/mol. The number of ether oxygens (including phenoxy) is 1. The number of nitrogens with two attached hydrogens (primary N) is 1. The van der Waals surface area contributed by atoms with Crippen LogP contribution in [0.1, 0.15) is 17.2 Å². The molecule has 1 aliphatic rings. The largest absolute Gasteiger partial charge is 0.496 e. The van der Waals surface area contributed by atoms with E-state index in [-0.39, 0.29) is 6.04 Å². The predicted molar refractivity (Wildman–Crippen MR) is 61.1 cm³/mol. The highest BCUT2D eigenvalue weighted by Crippen LogP contribution is 2.39. The van der Waals surface area contributed by atoms with Crippen molar-refractivity contribution in [2.75, 3.05) is 12.9 Å². The van der Waals surface area contributed by atoms with E-state index in [1.54, 1.807) is 7.11 Å². The molecule has 0 aromatic heterocycles. The number of hydrogen-bond donors (Lipinski definition) is 1. The maximum Gasteiger partial charge on any atom is 0.123 e. The van der Waals surface area contributed by atoms with E-state index >= 15 is 0 Å². The van der Waals surface area contributed by atoms with Gasteiger partial charge in [-0.3, -0.25) is 0 Å². The number of fused-ring (bicyclic) bond motifs is 1. The quantitative estimate of drug-likeness (QED) is 0.804. The Kier molecular flexibility index (Phi) is 2.91. The predicted octanol–water partition coefficient (Wildman–Crippen LogP) is 2.60. The Morgan fingerprint density at radius 1 is 1.57 bits per heavy atom. The fraction of sp³-hybridized carbons (Fsp3) is 0.400. The Hall–Kier alpha value is -0.380. The summed E-state index contributed by atoms with van der Waals surface area (Å²) < 4.78 is 5.29. The second kappa shape index (κ2) is 4.01. The minimum absolute atomic E-state index is 0.0337. The zero-order valence-electron chi connectivity index (χ0n) is 7.92. The summed E-state index contributed by atoms with van der Waals surface area (Å²) in [5.41, 5.74) is 8.23. The molecule has 1 aromatic carbocycles. The SMILES string of the molecule is COc1ccc(Cl)c2c1CSC[C@H]2N. The third kappa shape index (κ3) is 1.60. The van der Waals surface area contributed by atoms with Crippen LogP contribution in [0.25, 0.3) is 0 Å². The molecule has 4 heteroatoms. The second-order valence-electron chi connectivity index (χ2n) is 3.26. The highest BCUT2D eigenvalue weighted by molar-refractivity contribution is 7.98. The van der Waals surface area contributed by atoms with Crippen molar-refractivity contribution in [1.29, 1.82) is 0 Å². The Balaban J connectivity index is 2.57. The summed E-state index contributed by atoms with van der Waals surface area (Å²) in [5, 5.41) is 0.758. The molecule has 76 valence electrons. The molecule has 14 heavy (non-hydrogen) atoms. The fourth-order valence-electron chi connectivity index (χ4n) is 1.73. The Morgan fingerprint density at radius 3 is 3.07 bits per heavy atom. The number of rotatable bonds is 1. The minimum Gasteiger partial charge on any atom is -0.496 e. The minimum atomic E-state index is 0.0337. The molecule has 2 rings (SSSR count). The summed E-state index contributed by atoms with van der Waals surface area (Å²) in [6.07, 6.45) is 0. The molecule has 0 saturated carbocycles. The summed E-state index contributed by atoms with van der Waals surface area (Å²) in [7, 11) is 1.67. The number of thioether (sulfide) groups is 1. The molecule has 2 nitrogen and oxygen atoms in total. The number of hydrogen-bond acceptors (Lipinski definition) is 3. The van der Waals surface area contributed by atoms with Gasteiger partial charge in [0.15, 0.2) is 0 Å². The van der Waals surface area contributed by atoms with Gasteiger partial charge in [-0.2, -0.15) is 11.8 Å². The van der Waals surface area contributed by atoms with Crippen molar-refractivity contribution in [3.05, 3.63) is 28.3 Å². The number of halogens is 1. The van der Waals surface area contributed by atoms with Crippen LogP contribution in [-0.4, -0.2) is 12.9 Å². The van der Waals surface area contributed by atoms with E-state index in [1.807, 2.05) is 23.9 Å². The van der Waals surface area contributed by atoms with Crippen molar-refractivity contribution >= 4 is 23.4 Å². The zero-order chi connectivity index (χ0) is 10.1. The van der Waals surface area contributed by atoms with Crippen LogP contribution >= 0.6 is 23.4 Å². The van der Waals surface area contributed by atoms with Crippen molar-refractivity contribution in [2.24, 2.45) is 5.73 Å². The molecule has 0 saturated heterocycles. The van der Waals surface area contributed by atoms with Gasteiger partial charge in [0, 0.05) is 28.1 Å². The molecule has 1 aliphatic heterocycles. The van der Waals surface area contributed by atoms with Gasteiger partial charge in [0.1, 0.15) is 5.75 Å². The van der Waals surface area contributed by atoms with Crippen LogP contribution < -0.4 is 10.5 Å². The topological polar surface area (TPSA) is 35.2 Å². The van der Waals surface area contributed by atoms with Crippen LogP contribution in [0.3, 0.4) is 0 Å². The standard InChI is InChI=1S/C10H12ClNOS/c1-13-9-3-2-7(11)10-6(9)4-14-5-8(10)12/h2-3,8H,4-5,12H2,1H3/t8-/m1/s1. The van der Waals surface area contributed by atoms with Gasteiger partial charge in [0.05, 0.1) is 7.11 Å². The van der Waals surface area contributed by atoms with E-state index in [2.05, 4.69) is 0 Å². The molecule has 0 radical (unpaired) electrons. The van der Waals surface area contributed by atoms with Gasteiger partial charge >= 0.3 is 0 Å². The second-order valence-corrected chi connectivity index (χ2v) is 4.70.